The maximum Gasteiger partial charge on any atom is 0.256 e. The maximum absolute atomic E-state index is 12.0. The van der Waals surface area contributed by atoms with E-state index < -0.39 is 0 Å². The molecule has 1 aromatic heterocycles. The third-order valence-corrected chi connectivity index (χ3v) is 2.90. The van der Waals surface area contributed by atoms with Gasteiger partial charge in [-0.1, -0.05) is 19.9 Å². The molecule has 0 spiro atoms. The van der Waals surface area contributed by atoms with Crippen molar-refractivity contribution < 1.29 is 6.22 Å². The van der Waals surface area contributed by atoms with Gasteiger partial charge in [-0.3, -0.25) is 9.89 Å². The zero-order chi connectivity index (χ0) is 13.1. The first-order chi connectivity index (χ1) is 8.58. The van der Waals surface area contributed by atoms with Crippen LogP contribution in [-0.4, -0.2) is 16.1 Å². The molecule has 18 heavy (non-hydrogen) atoms. The average molecular weight is 245 g/mol. The quantitative estimate of drug-likeness (QED) is 0.871. The molecule has 2 N–H and O–H groups in total. The van der Waals surface area contributed by atoms with Gasteiger partial charge in [-0.15, -0.1) is 0 Å². The highest BCUT2D eigenvalue weighted by molar-refractivity contribution is 6.03. The maximum atomic E-state index is 12.0. The largest absolute Gasteiger partial charge is 0.307 e. The van der Waals surface area contributed by atoms with Gasteiger partial charge in [-0.2, -0.15) is 5.10 Å². The van der Waals surface area contributed by atoms with Crippen molar-refractivity contribution in [2.45, 2.75) is 26.7 Å². The van der Waals surface area contributed by atoms with Gasteiger partial charge in [0.05, 0.1) is 6.20 Å². The number of rotatable bonds is 3. The number of carbonyl (C=O) groups excluding carboxylic acids is 1. The summed E-state index contributed by atoms with van der Waals surface area (Å²) in [5.41, 5.74) is 3.07. The summed E-state index contributed by atoms with van der Waals surface area (Å²) in [6.45, 7) is 6.32. The van der Waals surface area contributed by atoms with Crippen LogP contribution in [0.25, 0.3) is 0 Å². The van der Waals surface area contributed by atoms with Crippen LogP contribution >= 0.6 is 0 Å². The number of nitrogens with one attached hydrogen (secondary N) is 2. The molecule has 0 aliphatic carbocycles. The second-order valence-corrected chi connectivity index (χ2v) is 4.65. The Morgan fingerprint density at radius 1 is 1.39 bits per heavy atom. The molecule has 1 heterocycles. The predicted molar refractivity (Wildman–Crippen MR) is 73.9 cm³/mol. The molecule has 0 fully saturated rings. The average Bonchev–Trinajstić information content (AvgIpc) is 2.81. The molecule has 2 aromatic rings. The van der Waals surface area contributed by atoms with Crippen LogP contribution in [0.15, 0.2) is 30.5 Å². The number of H-pyrrole nitrogens is 1. The predicted octanol–water partition coefficient (Wildman–Crippen LogP) is 3.34. The number of hydrogen-bond donors (Lipinski definition) is 2. The first-order valence-electron chi connectivity index (χ1n) is 5.99. The number of aromatic amines is 1. The molecular formula is C14H19N3O. The molecule has 96 valence electrons. The fraction of sp³-hybridized carbons (Fsp3) is 0.286. The van der Waals surface area contributed by atoms with E-state index in [0.717, 1.165) is 5.56 Å². The summed E-state index contributed by atoms with van der Waals surface area (Å²) < 4.78 is 0. The standard InChI is InChI=1S/C14H17N3O.H2/c1-9(2)12-5-4-11(8-10(12)3)14(18)16-13-6-7-15-17-13;/h4-9H,1-3H3,(H2,15,16,17,18);1H. The lowest BCUT2D eigenvalue weighted by atomic mass is 9.96. The molecule has 1 amide bonds. The van der Waals surface area contributed by atoms with Gasteiger partial charge in [0.1, 0.15) is 5.82 Å². The van der Waals surface area contributed by atoms with Crippen LogP contribution in [0.4, 0.5) is 5.82 Å². The molecule has 0 unspecified atom stereocenters. The van der Waals surface area contributed by atoms with Gasteiger partial charge in [0.15, 0.2) is 0 Å². The van der Waals surface area contributed by atoms with Crippen molar-refractivity contribution in [3.05, 3.63) is 47.2 Å². The lowest BCUT2D eigenvalue weighted by molar-refractivity contribution is 0.102. The zero-order valence-electron chi connectivity index (χ0n) is 10.8. The molecule has 2 rings (SSSR count). The number of hydrogen-bond acceptors (Lipinski definition) is 2. The number of aromatic nitrogens is 2. The van der Waals surface area contributed by atoms with Gasteiger partial charge >= 0.3 is 0 Å². The fourth-order valence-electron chi connectivity index (χ4n) is 1.98. The van der Waals surface area contributed by atoms with E-state index in [2.05, 4.69) is 29.4 Å². The molecule has 0 saturated carbocycles. The summed E-state index contributed by atoms with van der Waals surface area (Å²) >= 11 is 0. The van der Waals surface area contributed by atoms with Gasteiger partial charge in [0, 0.05) is 13.1 Å². The van der Waals surface area contributed by atoms with Crippen LogP contribution in [0.5, 0.6) is 0 Å². The molecular weight excluding hydrogens is 226 g/mol. The number of anilines is 1. The van der Waals surface area contributed by atoms with Gasteiger partial charge in [-0.25, -0.2) is 0 Å². The zero-order valence-corrected chi connectivity index (χ0v) is 10.8. The van der Waals surface area contributed by atoms with Crippen molar-refractivity contribution >= 4 is 11.7 Å². The number of carbonyl (C=O) groups is 1. The minimum absolute atomic E-state index is 0. The molecule has 0 bridgehead atoms. The van der Waals surface area contributed by atoms with E-state index in [0.29, 0.717) is 17.3 Å². The number of amides is 1. The summed E-state index contributed by atoms with van der Waals surface area (Å²) in [5.74, 6) is 0.943. The first-order valence-corrected chi connectivity index (χ1v) is 5.99. The number of nitrogens with zero attached hydrogens (tertiary/aromatic N) is 1. The van der Waals surface area contributed by atoms with Gasteiger partial charge < -0.3 is 5.32 Å². The Kier molecular flexibility index (Phi) is 3.46. The lowest BCUT2D eigenvalue weighted by Gasteiger charge is -2.11. The van der Waals surface area contributed by atoms with E-state index in [1.807, 2.05) is 25.1 Å². The van der Waals surface area contributed by atoms with E-state index >= 15 is 0 Å². The van der Waals surface area contributed by atoms with Crippen LogP contribution in [0.1, 0.15) is 42.7 Å². The van der Waals surface area contributed by atoms with Gasteiger partial charge in [0.2, 0.25) is 0 Å². The van der Waals surface area contributed by atoms with Crippen LogP contribution in [0, 0.1) is 6.92 Å². The smallest absolute Gasteiger partial charge is 0.256 e. The SMILES string of the molecule is Cc1cc(C(=O)Nc2ccn[nH]2)ccc1C(C)C.[HH]. The van der Waals surface area contributed by atoms with Crippen molar-refractivity contribution in [3.8, 4) is 0 Å². The topological polar surface area (TPSA) is 57.8 Å². The van der Waals surface area contributed by atoms with E-state index in [4.69, 9.17) is 0 Å². The fourth-order valence-corrected chi connectivity index (χ4v) is 1.98. The second kappa shape index (κ2) is 5.04. The van der Waals surface area contributed by atoms with Gasteiger partial charge in [0.25, 0.3) is 5.91 Å². The van der Waals surface area contributed by atoms with Crippen LogP contribution in [0.2, 0.25) is 0 Å². The molecule has 0 radical (unpaired) electrons. The highest BCUT2D eigenvalue weighted by Gasteiger charge is 2.10. The third kappa shape index (κ3) is 2.59. The third-order valence-electron chi connectivity index (χ3n) is 2.90. The van der Waals surface area contributed by atoms with Crippen LogP contribution in [0.3, 0.4) is 0 Å². The van der Waals surface area contributed by atoms with E-state index in [1.54, 1.807) is 12.3 Å². The molecule has 1 aromatic carbocycles. The molecule has 4 heteroatoms. The van der Waals surface area contributed by atoms with Crippen molar-refractivity contribution in [1.82, 2.24) is 10.2 Å². The minimum atomic E-state index is -0.127. The summed E-state index contributed by atoms with van der Waals surface area (Å²) in [7, 11) is 0. The van der Waals surface area contributed by atoms with E-state index in [9.17, 15) is 4.79 Å². The van der Waals surface area contributed by atoms with Crippen molar-refractivity contribution in [3.63, 3.8) is 0 Å². The second-order valence-electron chi connectivity index (χ2n) is 4.65. The summed E-state index contributed by atoms with van der Waals surface area (Å²) in [5, 5.41) is 9.24. The first kappa shape index (κ1) is 12.4. The normalized spacial score (nSPS) is 10.7. The Hall–Kier alpha value is -2.10. The van der Waals surface area contributed by atoms with Crippen LogP contribution in [-0.2, 0) is 0 Å². The Morgan fingerprint density at radius 2 is 2.17 bits per heavy atom. The van der Waals surface area contributed by atoms with Crippen molar-refractivity contribution in [2.75, 3.05) is 5.32 Å². The molecule has 0 aliphatic rings. The summed E-state index contributed by atoms with van der Waals surface area (Å²) in [4.78, 5) is 12.0. The Labute approximate surface area is 108 Å². The Balaban J connectivity index is 0.00000180. The number of benzene rings is 1. The Bertz CT molecular complexity index is 550. The number of aryl methyl sites for hydroxylation is 1. The Morgan fingerprint density at radius 3 is 2.72 bits per heavy atom. The molecule has 0 atom stereocenters. The monoisotopic (exact) mass is 245 g/mol. The highest BCUT2D eigenvalue weighted by Crippen LogP contribution is 2.20. The van der Waals surface area contributed by atoms with Crippen molar-refractivity contribution in [2.24, 2.45) is 0 Å². The molecule has 0 saturated heterocycles. The molecule has 0 aliphatic heterocycles. The lowest BCUT2D eigenvalue weighted by Crippen LogP contribution is -2.12. The molecule has 4 nitrogen and oxygen atoms in total. The van der Waals surface area contributed by atoms with Crippen molar-refractivity contribution in [1.29, 1.82) is 0 Å². The highest BCUT2D eigenvalue weighted by atomic mass is 16.1. The summed E-state index contributed by atoms with van der Waals surface area (Å²) in [6, 6.07) is 7.50. The van der Waals surface area contributed by atoms with Crippen LogP contribution < -0.4 is 5.32 Å². The summed E-state index contributed by atoms with van der Waals surface area (Å²) in [6.07, 6.45) is 1.60. The van der Waals surface area contributed by atoms with E-state index in [1.165, 1.54) is 5.56 Å². The van der Waals surface area contributed by atoms with Gasteiger partial charge in [-0.05, 0) is 36.1 Å². The van der Waals surface area contributed by atoms with E-state index in [-0.39, 0.29) is 7.33 Å². The minimum Gasteiger partial charge on any atom is -0.307 e.